The summed E-state index contributed by atoms with van der Waals surface area (Å²) in [5.74, 6) is 0.337. The van der Waals surface area contributed by atoms with Crippen LogP contribution in [0.4, 0.5) is 0 Å². The number of rotatable bonds is 6. The molecule has 1 saturated carbocycles. The number of carbonyl (C=O) groups is 1. The van der Waals surface area contributed by atoms with Crippen LogP contribution in [0.1, 0.15) is 58.6 Å². The van der Waals surface area contributed by atoms with Crippen LogP contribution in [0.3, 0.4) is 0 Å². The fourth-order valence-electron chi connectivity index (χ4n) is 3.39. The van der Waals surface area contributed by atoms with E-state index in [9.17, 15) is 23.1 Å². The van der Waals surface area contributed by atoms with Crippen molar-refractivity contribution in [3.8, 4) is 5.75 Å². The quantitative estimate of drug-likeness (QED) is 0.786. The van der Waals surface area contributed by atoms with Crippen LogP contribution in [-0.4, -0.2) is 34.8 Å². The predicted molar refractivity (Wildman–Crippen MR) is 101 cm³/mol. The van der Waals surface area contributed by atoms with Gasteiger partial charge in [0, 0.05) is 24.1 Å². The van der Waals surface area contributed by atoms with Gasteiger partial charge in [-0.15, -0.1) is 0 Å². The van der Waals surface area contributed by atoms with Gasteiger partial charge >= 0.3 is 0 Å². The van der Waals surface area contributed by atoms with Gasteiger partial charge in [0.05, 0.1) is 10.5 Å². The normalized spacial score (nSPS) is 21.5. The molecule has 1 aliphatic rings. The summed E-state index contributed by atoms with van der Waals surface area (Å²) in [5, 5.41) is 9.43. The lowest BCUT2D eigenvalue weighted by atomic mass is 9.80. The summed E-state index contributed by atoms with van der Waals surface area (Å²) in [4.78, 5) is 26.4. The molecule has 2 rings (SSSR count). The van der Waals surface area contributed by atoms with Gasteiger partial charge in [-0.3, -0.25) is 9.59 Å². The first-order valence-corrected chi connectivity index (χ1v) is 10.8. The molecule has 26 heavy (non-hydrogen) atoms. The van der Waals surface area contributed by atoms with Crippen LogP contribution in [0.15, 0.2) is 16.9 Å². The Morgan fingerprint density at radius 3 is 2.35 bits per heavy atom. The smallest absolute Gasteiger partial charge is 0.251 e. The highest BCUT2D eigenvalue weighted by Crippen LogP contribution is 2.33. The summed E-state index contributed by atoms with van der Waals surface area (Å²) in [6.45, 7) is 5.18. The summed E-state index contributed by atoms with van der Waals surface area (Å²) >= 11 is 0. The molecule has 6 nitrogen and oxygen atoms in total. The zero-order valence-corrected chi connectivity index (χ0v) is 16.6. The number of H-pyrrole nitrogens is 1. The largest absolute Gasteiger partial charge is 0.508 e. The second-order valence-corrected chi connectivity index (χ2v) is 11.1. The number of aromatic hydroxyl groups is 1. The average Bonchev–Trinajstić information content (AvgIpc) is 2.51. The first-order valence-electron chi connectivity index (χ1n) is 9.15. The molecule has 0 bridgehead atoms. The van der Waals surface area contributed by atoms with Crippen LogP contribution < -0.4 is 5.56 Å². The number of sulfone groups is 1. The lowest BCUT2D eigenvalue weighted by Crippen LogP contribution is -2.35. The van der Waals surface area contributed by atoms with E-state index in [0.717, 1.165) is 31.7 Å². The molecule has 2 N–H and O–H groups in total. The molecule has 0 atom stereocenters. The fraction of sp³-hybridized carbons (Fsp3) is 0.684. The molecule has 1 aromatic rings. The van der Waals surface area contributed by atoms with Crippen LogP contribution >= 0.6 is 0 Å². The molecule has 0 spiro atoms. The molecule has 1 aromatic heterocycles. The second kappa shape index (κ2) is 7.94. The van der Waals surface area contributed by atoms with E-state index >= 15 is 0 Å². The molecular weight excluding hydrogens is 354 g/mol. The van der Waals surface area contributed by atoms with Gasteiger partial charge in [-0.25, -0.2) is 8.42 Å². The lowest BCUT2D eigenvalue weighted by Gasteiger charge is -2.30. The number of ketones is 1. The standard InChI is InChI=1S/C19H29NO5S/c1-19(2,3)26(24,25)12-13-4-6-14(7-5-13)17(22)9-8-15-10-16(21)11-18(23)20-15/h10-11,13-14H,4-9,12H2,1-3H3,(H2,20,21,23). The summed E-state index contributed by atoms with van der Waals surface area (Å²) in [7, 11) is -3.13. The molecule has 1 aliphatic carbocycles. The number of Topliss-reactive ketones (excluding diaryl/α,β-unsaturated/α-hetero) is 1. The number of hydrogen-bond acceptors (Lipinski definition) is 5. The number of aromatic nitrogens is 1. The van der Waals surface area contributed by atoms with Crippen molar-refractivity contribution in [3.63, 3.8) is 0 Å². The SMILES string of the molecule is CC(C)(C)S(=O)(=O)CC1CCC(C(=O)CCc2cc(O)cc(=O)[nH]2)CC1. The Labute approximate surface area is 154 Å². The Morgan fingerprint density at radius 1 is 1.19 bits per heavy atom. The molecule has 0 saturated heterocycles. The van der Waals surface area contributed by atoms with Crippen molar-refractivity contribution in [3.05, 3.63) is 28.2 Å². The minimum Gasteiger partial charge on any atom is -0.508 e. The maximum Gasteiger partial charge on any atom is 0.251 e. The van der Waals surface area contributed by atoms with Crippen molar-refractivity contribution < 1.29 is 18.3 Å². The van der Waals surface area contributed by atoms with Crippen molar-refractivity contribution >= 4 is 15.6 Å². The monoisotopic (exact) mass is 383 g/mol. The van der Waals surface area contributed by atoms with Crippen LogP contribution in [0.2, 0.25) is 0 Å². The highest BCUT2D eigenvalue weighted by Gasteiger charge is 2.34. The maximum absolute atomic E-state index is 12.4. The minimum atomic E-state index is -3.13. The number of aryl methyl sites for hydroxylation is 1. The first kappa shape index (κ1) is 20.7. The van der Waals surface area contributed by atoms with Gasteiger partial charge in [-0.2, -0.15) is 0 Å². The van der Waals surface area contributed by atoms with E-state index in [1.807, 2.05) is 0 Å². The Kier molecular flexibility index (Phi) is 6.32. The van der Waals surface area contributed by atoms with Gasteiger partial charge in [0.15, 0.2) is 9.84 Å². The van der Waals surface area contributed by atoms with Crippen molar-refractivity contribution in [1.29, 1.82) is 0 Å². The second-order valence-electron chi connectivity index (χ2n) is 8.31. The molecule has 1 heterocycles. The average molecular weight is 384 g/mol. The Hall–Kier alpha value is -1.63. The van der Waals surface area contributed by atoms with Crippen LogP contribution in [0, 0.1) is 11.8 Å². The van der Waals surface area contributed by atoms with Gasteiger partial charge in [-0.1, -0.05) is 0 Å². The summed E-state index contributed by atoms with van der Waals surface area (Å²) in [6, 6.07) is 2.56. The van der Waals surface area contributed by atoms with Crippen LogP contribution in [0.5, 0.6) is 5.75 Å². The third kappa shape index (κ3) is 5.43. The van der Waals surface area contributed by atoms with E-state index in [2.05, 4.69) is 4.98 Å². The Balaban J connectivity index is 1.84. The molecule has 146 valence electrons. The Bertz CT molecular complexity index is 796. The third-order valence-electron chi connectivity index (χ3n) is 5.22. The van der Waals surface area contributed by atoms with Crippen molar-refractivity contribution in [2.45, 2.75) is 64.0 Å². The topological polar surface area (TPSA) is 104 Å². The highest BCUT2D eigenvalue weighted by atomic mass is 32.2. The molecule has 0 radical (unpaired) electrons. The fourth-order valence-corrected chi connectivity index (χ4v) is 4.85. The molecule has 7 heteroatoms. The number of pyridine rings is 1. The summed E-state index contributed by atoms with van der Waals surface area (Å²) in [5.41, 5.74) is 0.168. The van der Waals surface area contributed by atoms with Gasteiger partial charge in [-0.05, 0) is 64.9 Å². The molecule has 0 aromatic carbocycles. The van der Waals surface area contributed by atoms with E-state index in [0.29, 0.717) is 18.5 Å². The van der Waals surface area contributed by atoms with Crippen molar-refractivity contribution in [1.82, 2.24) is 4.98 Å². The number of hydrogen-bond donors (Lipinski definition) is 2. The lowest BCUT2D eigenvalue weighted by molar-refractivity contribution is -0.124. The van der Waals surface area contributed by atoms with Crippen LogP contribution in [0.25, 0.3) is 0 Å². The van der Waals surface area contributed by atoms with E-state index in [4.69, 9.17) is 0 Å². The zero-order chi connectivity index (χ0) is 19.5. The van der Waals surface area contributed by atoms with Gasteiger partial charge in [0.25, 0.3) is 5.56 Å². The number of aromatic amines is 1. The van der Waals surface area contributed by atoms with Gasteiger partial charge in [0.2, 0.25) is 0 Å². The van der Waals surface area contributed by atoms with Gasteiger partial charge in [0.1, 0.15) is 11.5 Å². The predicted octanol–water partition coefficient (Wildman–Crippen LogP) is 2.60. The van der Waals surface area contributed by atoms with Crippen molar-refractivity contribution in [2.24, 2.45) is 11.8 Å². The highest BCUT2D eigenvalue weighted by molar-refractivity contribution is 7.92. The number of carbonyl (C=O) groups excluding carboxylic acids is 1. The third-order valence-corrected chi connectivity index (χ3v) is 7.99. The van der Waals surface area contributed by atoms with E-state index in [1.54, 1.807) is 20.8 Å². The molecule has 1 fully saturated rings. The van der Waals surface area contributed by atoms with E-state index in [1.165, 1.54) is 6.07 Å². The number of nitrogens with one attached hydrogen (secondary N) is 1. The Morgan fingerprint density at radius 2 is 1.81 bits per heavy atom. The molecule has 0 amide bonds. The van der Waals surface area contributed by atoms with Gasteiger partial charge < -0.3 is 10.1 Å². The van der Waals surface area contributed by atoms with Crippen molar-refractivity contribution in [2.75, 3.05) is 5.75 Å². The minimum absolute atomic E-state index is 0.0346. The maximum atomic E-state index is 12.4. The zero-order valence-electron chi connectivity index (χ0n) is 15.7. The van der Waals surface area contributed by atoms with E-state index in [-0.39, 0.29) is 34.7 Å². The molecular formula is C19H29NO5S. The summed E-state index contributed by atoms with van der Waals surface area (Å²) in [6.07, 6.45) is 3.67. The molecule has 0 aliphatic heterocycles. The van der Waals surface area contributed by atoms with Crippen LogP contribution in [-0.2, 0) is 21.1 Å². The van der Waals surface area contributed by atoms with E-state index < -0.39 is 14.6 Å². The summed E-state index contributed by atoms with van der Waals surface area (Å²) < 4.78 is 23.9. The first-order chi connectivity index (χ1) is 12.0. The molecule has 0 unspecified atom stereocenters.